The minimum absolute atomic E-state index is 0.175. The first kappa shape index (κ1) is 25.9. The van der Waals surface area contributed by atoms with Crippen LogP contribution in [0.5, 0.6) is 0 Å². The predicted molar refractivity (Wildman–Crippen MR) is 141 cm³/mol. The molecule has 3 aromatic carbocycles. The molecule has 1 aliphatic rings. The van der Waals surface area contributed by atoms with Crippen molar-refractivity contribution in [1.29, 1.82) is 0 Å². The third kappa shape index (κ3) is 5.50. The van der Waals surface area contributed by atoms with Crippen LogP contribution in [-0.2, 0) is 32.8 Å². The molecule has 0 spiro atoms. The van der Waals surface area contributed by atoms with Crippen molar-refractivity contribution in [3.8, 4) is 0 Å². The highest BCUT2D eigenvalue weighted by Crippen LogP contribution is 2.44. The number of carbonyl (C=O) groups excluding carboxylic acids is 3. The van der Waals surface area contributed by atoms with Gasteiger partial charge in [-0.15, -0.1) is 0 Å². The van der Waals surface area contributed by atoms with E-state index in [0.717, 1.165) is 22.4 Å². The molecule has 192 valence electrons. The fourth-order valence-corrected chi connectivity index (χ4v) is 4.60. The highest BCUT2D eigenvalue weighted by molar-refractivity contribution is 6.09. The van der Waals surface area contributed by atoms with Crippen LogP contribution < -0.4 is 10.2 Å². The Morgan fingerprint density at radius 3 is 2.24 bits per heavy atom. The molecule has 0 unspecified atom stereocenters. The van der Waals surface area contributed by atoms with E-state index >= 15 is 0 Å². The van der Waals surface area contributed by atoms with Gasteiger partial charge in [0, 0.05) is 12.0 Å². The Balaban J connectivity index is 1.80. The second-order valence-corrected chi connectivity index (χ2v) is 10.3. The van der Waals surface area contributed by atoms with Crippen LogP contribution in [0, 0.1) is 6.92 Å². The van der Waals surface area contributed by atoms with Gasteiger partial charge in [-0.3, -0.25) is 4.79 Å². The molecule has 0 aliphatic carbocycles. The summed E-state index contributed by atoms with van der Waals surface area (Å²) in [6.07, 6.45) is -0.505. The van der Waals surface area contributed by atoms with Crippen molar-refractivity contribution in [2.45, 2.75) is 51.8 Å². The van der Waals surface area contributed by atoms with Gasteiger partial charge in [-0.25, -0.2) is 9.59 Å². The van der Waals surface area contributed by atoms with Crippen molar-refractivity contribution in [3.05, 3.63) is 101 Å². The van der Waals surface area contributed by atoms with E-state index in [9.17, 15) is 14.4 Å². The van der Waals surface area contributed by atoms with E-state index in [-0.39, 0.29) is 12.3 Å². The van der Waals surface area contributed by atoms with Crippen molar-refractivity contribution in [2.75, 3.05) is 12.0 Å². The first-order chi connectivity index (χ1) is 17.5. The molecule has 2 amide bonds. The number of benzene rings is 3. The number of alkyl carbamates (subject to hydrolysis) is 1. The smallest absolute Gasteiger partial charge is 0.408 e. The van der Waals surface area contributed by atoms with Crippen LogP contribution >= 0.6 is 0 Å². The number of methoxy groups -OCH3 is 1. The second kappa shape index (κ2) is 10.1. The number of rotatable bonds is 6. The van der Waals surface area contributed by atoms with Gasteiger partial charge in [0.2, 0.25) is 0 Å². The number of nitrogens with zero attached hydrogens (tertiary/aromatic N) is 1. The van der Waals surface area contributed by atoms with Crippen LogP contribution in [0.25, 0.3) is 0 Å². The Morgan fingerprint density at radius 1 is 0.946 bits per heavy atom. The number of fused-ring (bicyclic) bond motifs is 1. The van der Waals surface area contributed by atoms with E-state index in [4.69, 9.17) is 9.47 Å². The van der Waals surface area contributed by atoms with Gasteiger partial charge in [0.05, 0.1) is 24.9 Å². The molecule has 0 saturated heterocycles. The van der Waals surface area contributed by atoms with Gasteiger partial charge in [0.25, 0.3) is 5.91 Å². The molecule has 7 heteroatoms. The molecule has 1 atom stereocenters. The highest BCUT2D eigenvalue weighted by atomic mass is 16.6. The quantitative estimate of drug-likeness (QED) is 0.465. The third-order valence-electron chi connectivity index (χ3n) is 6.26. The largest absolute Gasteiger partial charge is 0.465 e. The lowest BCUT2D eigenvalue weighted by atomic mass is 9.84. The lowest BCUT2D eigenvalue weighted by Crippen LogP contribution is -2.55. The minimum Gasteiger partial charge on any atom is -0.465 e. The van der Waals surface area contributed by atoms with Crippen molar-refractivity contribution in [3.63, 3.8) is 0 Å². The first-order valence-corrected chi connectivity index (χ1v) is 12.2. The van der Waals surface area contributed by atoms with Gasteiger partial charge in [-0.05, 0) is 57.0 Å². The summed E-state index contributed by atoms with van der Waals surface area (Å²) in [5.41, 5.74) is 2.41. The summed E-state index contributed by atoms with van der Waals surface area (Å²) < 4.78 is 10.4. The Kier molecular flexibility index (Phi) is 7.07. The summed E-state index contributed by atoms with van der Waals surface area (Å²) in [6.45, 7) is 7.64. The standard InChI is InChI=1S/C30H32N2O5/c1-20-11-16-25-24(17-20)30(31-28(35)37-29(2,3)4,18-21-12-14-23(15-13-21)26(33)36-5)27(34)32(25)19-22-9-7-6-8-10-22/h6-17H,18-19H2,1-5H3,(H,31,35)/t30-/m0/s1. The zero-order chi connectivity index (χ0) is 26.8. The van der Waals surface area contributed by atoms with Crippen LogP contribution in [-0.4, -0.2) is 30.7 Å². The van der Waals surface area contributed by atoms with Crippen molar-refractivity contribution >= 4 is 23.7 Å². The van der Waals surface area contributed by atoms with Crippen LogP contribution in [0.3, 0.4) is 0 Å². The summed E-state index contributed by atoms with van der Waals surface area (Å²) in [6, 6.07) is 22.4. The van der Waals surface area contributed by atoms with Crippen LogP contribution in [0.2, 0.25) is 0 Å². The summed E-state index contributed by atoms with van der Waals surface area (Å²) in [7, 11) is 1.33. The number of ether oxygens (including phenoxy) is 2. The van der Waals surface area contributed by atoms with Gasteiger partial charge in [-0.1, -0.05) is 60.2 Å². The van der Waals surface area contributed by atoms with Gasteiger partial charge in [0.15, 0.2) is 5.54 Å². The maximum absolute atomic E-state index is 14.3. The Hall–Kier alpha value is -4.13. The average Bonchev–Trinajstić information content (AvgIpc) is 3.05. The Morgan fingerprint density at radius 2 is 1.62 bits per heavy atom. The molecule has 4 rings (SSSR count). The maximum atomic E-state index is 14.3. The first-order valence-electron chi connectivity index (χ1n) is 12.2. The molecule has 0 bridgehead atoms. The van der Waals surface area contributed by atoms with E-state index in [1.54, 1.807) is 49.9 Å². The second-order valence-electron chi connectivity index (χ2n) is 10.3. The number of hydrogen-bond donors (Lipinski definition) is 1. The van der Waals surface area contributed by atoms with E-state index < -0.39 is 23.2 Å². The normalized spacial score (nSPS) is 16.8. The van der Waals surface area contributed by atoms with E-state index in [1.807, 2.05) is 55.5 Å². The molecule has 0 fully saturated rings. The molecule has 7 nitrogen and oxygen atoms in total. The molecular weight excluding hydrogens is 468 g/mol. The van der Waals surface area contributed by atoms with Gasteiger partial charge in [-0.2, -0.15) is 0 Å². The van der Waals surface area contributed by atoms with Crippen LogP contribution in [0.4, 0.5) is 10.5 Å². The molecular formula is C30H32N2O5. The lowest BCUT2D eigenvalue weighted by Gasteiger charge is -2.32. The van der Waals surface area contributed by atoms with Gasteiger partial charge >= 0.3 is 12.1 Å². The fraction of sp³-hybridized carbons (Fsp3) is 0.300. The van der Waals surface area contributed by atoms with Crippen molar-refractivity contribution < 1.29 is 23.9 Å². The van der Waals surface area contributed by atoms with E-state index in [0.29, 0.717) is 17.7 Å². The van der Waals surface area contributed by atoms with E-state index in [2.05, 4.69) is 5.32 Å². The molecule has 1 heterocycles. The summed E-state index contributed by atoms with van der Waals surface area (Å²) >= 11 is 0. The predicted octanol–water partition coefficient (Wildman–Crippen LogP) is 5.29. The van der Waals surface area contributed by atoms with Crippen LogP contribution in [0.1, 0.15) is 53.4 Å². The molecule has 1 aliphatic heterocycles. The zero-order valence-electron chi connectivity index (χ0n) is 21.8. The summed E-state index contributed by atoms with van der Waals surface area (Å²) in [5.74, 6) is -0.694. The van der Waals surface area contributed by atoms with Crippen molar-refractivity contribution in [1.82, 2.24) is 5.32 Å². The number of nitrogens with one attached hydrogen (secondary N) is 1. The summed E-state index contributed by atoms with van der Waals surface area (Å²) in [4.78, 5) is 41.1. The summed E-state index contributed by atoms with van der Waals surface area (Å²) in [5, 5.41) is 2.95. The number of aryl methyl sites for hydroxylation is 1. The fourth-order valence-electron chi connectivity index (χ4n) is 4.60. The number of amides is 2. The van der Waals surface area contributed by atoms with Gasteiger partial charge < -0.3 is 19.7 Å². The van der Waals surface area contributed by atoms with Crippen LogP contribution in [0.15, 0.2) is 72.8 Å². The zero-order valence-corrected chi connectivity index (χ0v) is 21.8. The monoisotopic (exact) mass is 500 g/mol. The molecule has 0 aromatic heterocycles. The lowest BCUT2D eigenvalue weighted by molar-refractivity contribution is -0.124. The maximum Gasteiger partial charge on any atom is 0.408 e. The highest BCUT2D eigenvalue weighted by Gasteiger charge is 2.52. The number of anilines is 1. The SMILES string of the molecule is COC(=O)c1ccc(C[C@@]2(NC(=O)OC(C)(C)C)C(=O)N(Cc3ccccc3)c3ccc(C)cc32)cc1. The molecule has 0 radical (unpaired) electrons. The molecule has 0 saturated carbocycles. The topological polar surface area (TPSA) is 84.9 Å². The van der Waals surface area contributed by atoms with Crippen molar-refractivity contribution in [2.24, 2.45) is 0 Å². The Labute approximate surface area is 217 Å². The molecule has 37 heavy (non-hydrogen) atoms. The third-order valence-corrected chi connectivity index (χ3v) is 6.26. The Bertz CT molecular complexity index is 1310. The number of hydrogen-bond acceptors (Lipinski definition) is 5. The molecule has 1 N–H and O–H groups in total. The van der Waals surface area contributed by atoms with Gasteiger partial charge in [0.1, 0.15) is 5.60 Å². The molecule has 3 aromatic rings. The average molecular weight is 501 g/mol. The van der Waals surface area contributed by atoms with E-state index in [1.165, 1.54) is 7.11 Å². The number of esters is 1. The minimum atomic E-state index is -1.40. The number of carbonyl (C=O) groups is 3.